The Hall–Kier alpha value is -1.79. The minimum Gasteiger partial charge on any atom is -0.345 e. The van der Waals surface area contributed by atoms with Crippen LogP contribution < -0.4 is 0 Å². The average molecular weight is 261 g/mol. The average Bonchev–Trinajstić information content (AvgIpc) is 2.70. The van der Waals surface area contributed by atoms with E-state index in [0.717, 1.165) is 17.3 Å². The number of hydrogen-bond acceptors (Lipinski definition) is 2. The number of benzene rings is 1. The molecule has 0 radical (unpaired) electrons. The number of Topliss-reactive ketones (excluding diaryl/α,β-unsaturated/α-hetero) is 1. The van der Waals surface area contributed by atoms with Gasteiger partial charge < -0.3 is 4.57 Å². The molecule has 0 amide bonds. The van der Waals surface area contributed by atoms with Crippen LogP contribution in [0, 0.1) is 11.3 Å². The monoisotopic (exact) mass is 260 g/mol. The normalized spacial score (nSPS) is 10.5. The van der Waals surface area contributed by atoms with Gasteiger partial charge in [0.15, 0.2) is 5.78 Å². The van der Waals surface area contributed by atoms with Crippen molar-refractivity contribution in [1.82, 2.24) is 4.57 Å². The molecule has 0 bridgehead atoms. The van der Waals surface area contributed by atoms with Crippen LogP contribution in [0.5, 0.6) is 0 Å². The van der Waals surface area contributed by atoms with Crippen molar-refractivity contribution in [2.45, 2.75) is 26.3 Å². The number of halogens is 1. The predicted octanol–water partition coefficient (Wildman–Crippen LogP) is 3.80. The molecule has 2 aromatic rings. The zero-order valence-electron chi connectivity index (χ0n) is 10.1. The van der Waals surface area contributed by atoms with Crippen LogP contribution in [0.1, 0.15) is 30.1 Å². The van der Waals surface area contributed by atoms with Crippen molar-refractivity contribution < 1.29 is 4.79 Å². The number of hydrogen-bond donors (Lipinski definition) is 0. The maximum atomic E-state index is 11.6. The molecule has 0 aliphatic rings. The molecule has 4 heteroatoms. The van der Waals surface area contributed by atoms with Crippen molar-refractivity contribution >= 4 is 28.3 Å². The van der Waals surface area contributed by atoms with Crippen LogP contribution in [0.3, 0.4) is 0 Å². The molecule has 0 aliphatic carbocycles. The second-order valence-corrected chi connectivity index (χ2v) is 4.60. The molecule has 0 spiro atoms. The van der Waals surface area contributed by atoms with E-state index < -0.39 is 0 Å². The van der Waals surface area contributed by atoms with Crippen molar-refractivity contribution in [3.8, 4) is 6.07 Å². The van der Waals surface area contributed by atoms with Gasteiger partial charge in [0.25, 0.3) is 0 Å². The van der Waals surface area contributed by atoms with E-state index in [1.54, 1.807) is 6.92 Å². The Morgan fingerprint density at radius 2 is 2.28 bits per heavy atom. The quantitative estimate of drug-likeness (QED) is 0.620. The molecule has 0 fully saturated rings. The fourth-order valence-corrected chi connectivity index (χ4v) is 2.38. The van der Waals surface area contributed by atoms with Crippen LogP contribution in [0.4, 0.5) is 0 Å². The molecule has 0 saturated heterocycles. The van der Waals surface area contributed by atoms with Crippen molar-refractivity contribution in [3.05, 3.63) is 35.0 Å². The first-order chi connectivity index (χ1) is 8.65. The molecule has 1 aromatic heterocycles. The summed E-state index contributed by atoms with van der Waals surface area (Å²) in [7, 11) is 0. The third-order valence-corrected chi connectivity index (χ3v) is 3.22. The van der Waals surface area contributed by atoms with Gasteiger partial charge in [-0.15, -0.1) is 0 Å². The molecule has 0 atom stereocenters. The van der Waals surface area contributed by atoms with E-state index in [1.807, 2.05) is 29.0 Å². The lowest BCUT2D eigenvalue weighted by Crippen LogP contribution is -1.96. The number of fused-ring (bicyclic) bond motifs is 1. The number of aryl methyl sites for hydroxylation is 1. The second-order valence-electron chi connectivity index (χ2n) is 4.19. The first-order valence-electron chi connectivity index (χ1n) is 5.80. The van der Waals surface area contributed by atoms with Crippen LogP contribution in [0.25, 0.3) is 10.9 Å². The van der Waals surface area contributed by atoms with Gasteiger partial charge in [0, 0.05) is 30.1 Å². The topological polar surface area (TPSA) is 45.8 Å². The summed E-state index contributed by atoms with van der Waals surface area (Å²) >= 11 is 6.20. The Labute approximate surface area is 111 Å². The Bertz CT molecular complexity index is 637. The van der Waals surface area contributed by atoms with Gasteiger partial charge in [-0.2, -0.15) is 5.26 Å². The molecule has 1 heterocycles. The van der Waals surface area contributed by atoms with Crippen LogP contribution in [-0.4, -0.2) is 10.4 Å². The fraction of sp³-hybridized carbons (Fsp3) is 0.286. The van der Waals surface area contributed by atoms with E-state index in [1.165, 1.54) is 0 Å². The number of nitriles is 1. The molecule has 0 unspecified atom stereocenters. The maximum absolute atomic E-state index is 11.6. The molecule has 92 valence electrons. The smallest absolute Gasteiger partial charge is 0.161 e. The van der Waals surface area contributed by atoms with Crippen molar-refractivity contribution in [2.24, 2.45) is 0 Å². The number of carbonyl (C=O) groups is 1. The number of carbonyl (C=O) groups excluding carboxylic acids is 1. The molecule has 18 heavy (non-hydrogen) atoms. The summed E-state index contributed by atoms with van der Waals surface area (Å²) in [4.78, 5) is 11.6. The molecule has 3 nitrogen and oxygen atoms in total. The summed E-state index contributed by atoms with van der Waals surface area (Å²) in [5.74, 6) is 0.0290. The fourth-order valence-electron chi connectivity index (χ4n) is 2.10. The molecular formula is C14H13ClN2O. The SMILES string of the molecule is CC(=O)c1cn(CCCC#N)c2c(Cl)cccc12. The van der Waals surface area contributed by atoms with Crippen molar-refractivity contribution in [3.63, 3.8) is 0 Å². The maximum Gasteiger partial charge on any atom is 0.161 e. The summed E-state index contributed by atoms with van der Waals surface area (Å²) in [6.07, 6.45) is 3.08. The third-order valence-electron chi connectivity index (χ3n) is 2.92. The summed E-state index contributed by atoms with van der Waals surface area (Å²) in [6, 6.07) is 7.68. The number of ketones is 1. The summed E-state index contributed by atoms with van der Waals surface area (Å²) in [5, 5.41) is 10.1. The third kappa shape index (κ3) is 2.25. The standard InChI is InChI=1S/C14H13ClN2O/c1-10(18)12-9-17(8-3-2-7-16)14-11(12)5-4-6-13(14)15/h4-6,9H,2-3,8H2,1H3. The second kappa shape index (κ2) is 5.24. The molecule has 1 aromatic carbocycles. The highest BCUT2D eigenvalue weighted by Gasteiger charge is 2.13. The molecule has 2 rings (SSSR count). The van der Waals surface area contributed by atoms with E-state index >= 15 is 0 Å². The lowest BCUT2D eigenvalue weighted by Gasteiger charge is -2.04. The zero-order chi connectivity index (χ0) is 13.1. The van der Waals surface area contributed by atoms with Gasteiger partial charge in [0.2, 0.25) is 0 Å². The lowest BCUT2D eigenvalue weighted by atomic mass is 10.1. The summed E-state index contributed by atoms with van der Waals surface area (Å²) in [5.41, 5.74) is 1.56. The highest BCUT2D eigenvalue weighted by Crippen LogP contribution is 2.28. The van der Waals surface area contributed by atoms with Gasteiger partial charge in [-0.25, -0.2) is 0 Å². The van der Waals surface area contributed by atoms with Crippen LogP contribution in [0.2, 0.25) is 5.02 Å². The Morgan fingerprint density at radius 3 is 2.94 bits per heavy atom. The number of rotatable bonds is 4. The van der Waals surface area contributed by atoms with E-state index in [2.05, 4.69) is 6.07 Å². The van der Waals surface area contributed by atoms with Gasteiger partial charge in [0.1, 0.15) is 0 Å². The highest BCUT2D eigenvalue weighted by molar-refractivity contribution is 6.35. The van der Waals surface area contributed by atoms with Gasteiger partial charge >= 0.3 is 0 Å². The number of unbranched alkanes of at least 4 members (excludes halogenated alkanes) is 1. The molecule has 0 saturated carbocycles. The van der Waals surface area contributed by atoms with Crippen molar-refractivity contribution in [2.75, 3.05) is 0 Å². The van der Waals surface area contributed by atoms with Gasteiger partial charge in [-0.05, 0) is 19.4 Å². The minimum atomic E-state index is 0.0290. The minimum absolute atomic E-state index is 0.0290. The summed E-state index contributed by atoms with van der Waals surface area (Å²) < 4.78 is 1.96. The van der Waals surface area contributed by atoms with Gasteiger partial charge in [0.05, 0.1) is 16.6 Å². The van der Waals surface area contributed by atoms with Crippen LogP contribution >= 0.6 is 11.6 Å². The molecule has 0 N–H and O–H groups in total. The van der Waals surface area contributed by atoms with E-state index in [9.17, 15) is 4.79 Å². The van der Waals surface area contributed by atoms with E-state index in [4.69, 9.17) is 16.9 Å². The van der Waals surface area contributed by atoms with Gasteiger partial charge in [-0.1, -0.05) is 23.7 Å². The summed E-state index contributed by atoms with van der Waals surface area (Å²) in [6.45, 7) is 2.25. The lowest BCUT2D eigenvalue weighted by molar-refractivity contribution is 0.101. The first-order valence-corrected chi connectivity index (χ1v) is 6.18. The molecule has 0 aliphatic heterocycles. The Morgan fingerprint density at radius 1 is 1.50 bits per heavy atom. The van der Waals surface area contributed by atoms with E-state index in [0.29, 0.717) is 23.6 Å². The first kappa shape index (κ1) is 12.7. The van der Waals surface area contributed by atoms with Crippen molar-refractivity contribution in [1.29, 1.82) is 5.26 Å². The number of para-hydroxylation sites is 1. The van der Waals surface area contributed by atoms with Crippen LogP contribution in [-0.2, 0) is 6.54 Å². The Balaban J connectivity index is 2.52. The highest BCUT2D eigenvalue weighted by atomic mass is 35.5. The molecular weight excluding hydrogens is 248 g/mol. The number of nitrogens with zero attached hydrogens (tertiary/aromatic N) is 2. The predicted molar refractivity (Wildman–Crippen MR) is 71.8 cm³/mol. The van der Waals surface area contributed by atoms with E-state index in [-0.39, 0.29) is 5.78 Å². The zero-order valence-corrected chi connectivity index (χ0v) is 10.9. The van der Waals surface area contributed by atoms with Gasteiger partial charge in [-0.3, -0.25) is 4.79 Å². The number of aromatic nitrogens is 1. The van der Waals surface area contributed by atoms with Crippen LogP contribution in [0.15, 0.2) is 24.4 Å². The Kier molecular flexibility index (Phi) is 3.69. The largest absolute Gasteiger partial charge is 0.345 e.